The molecule has 2 aromatic rings. The number of hydrogen-bond donors (Lipinski definition) is 1. The Balaban J connectivity index is 2.39. The molecule has 1 unspecified atom stereocenters. The molecule has 1 heterocycles. The van der Waals surface area contributed by atoms with Crippen LogP contribution in [0.25, 0.3) is 0 Å². The van der Waals surface area contributed by atoms with Gasteiger partial charge in [0.05, 0.1) is 6.04 Å². The van der Waals surface area contributed by atoms with Crippen LogP contribution in [0.15, 0.2) is 36.7 Å². The second kappa shape index (κ2) is 6.39. The lowest BCUT2D eigenvalue weighted by Gasteiger charge is -2.35. The maximum absolute atomic E-state index is 13.2. The standard InChI is InChI=1S/C17H24FN3/c1-5-10-19-15(16-20-11-12-21(16)4)17(2,3)13-6-8-14(18)9-7-13/h6-9,11-12,15,19H,5,10H2,1-4H3. The number of halogens is 1. The van der Waals surface area contributed by atoms with E-state index in [-0.39, 0.29) is 17.3 Å². The van der Waals surface area contributed by atoms with Crippen LogP contribution in [0.1, 0.15) is 44.6 Å². The zero-order valence-electron chi connectivity index (χ0n) is 13.2. The lowest BCUT2D eigenvalue weighted by atomic mass is 9.77. The lowest BCUT2D eigenvalue weighted by molar-refractivity contribution is 0.328. The molecule has 0 aliphatic heterocycles. The fraction of sp³-hybridized carbons (Fsp3) is 0.471. The van der Waals surface area contributed by atoms with Gasteiger partial charge in [0.25, 0.3) is 0 Å². The number of aromatic nitrogens is 2. The van der Waals surface area contributed by atoms with E-state index in [9.17, 15) is 4.39 Å². The zero-order chi connectivity index (χ0) is 15.5. The monoisotopic (exact) mass is 289 g/mol. The summed E-state index contributed by atoms with van der Waals surface area (Å²) in [6, 6.07) is 6.83. The summed E-state index contributed by atoms with van der Waals surface area (Å²) in [5.74, 6) is 0.794. The molecular weight excluding hydrogens is 265 g/mol. The molecule has 0 amide bonds. The molecule has 1 N–H and O–H groups in total. The third-order valence-electron chi connectivity index (χ3n) is 4.03. The van der Waals surface area contributed by atoms with E-state index in [0.29, 0.717) is 0 Å². The van der Waals surface area contributed by atoms with Gasteiger partial charge in [0.15, 0.2) is 0 Å². The van der Waals surface area contributed by atoms with Crippen molar-refractivity contribution in [3.63, 3.8) is 0 Å². The summed E-state index contributed by atoms with van der Waals surface area (Å²) in [4.78, 5) is 4.50. The van der Waals surface area contributed by atoms with Crippen LogP contribution in [0.5, 0.6) is 0 Å². The molecule has 0 bridgehead atoms. The fourth-order valence-electron chi connectivity index (χ4n) is 2.66. The van der Waals surface area contributed by atoms with Gasteiger partial charge in [-0.2, -0.15) is 0 Å². The Morgan fingerprint density at radius 3 is 2.48 bits per heavy atom. The van der Waals surface area contributed by atoms with Crippen molar-refractivity contribution in [2.24, 2.45) is 7.05 Å². The van der Waals surface area contributed by atoms with Gasteiger partial charge in [-0.3, -0.25) is 0 Å². The molecule has 1 aromatic heterocycles. The minimum atomic E-state index is -0.204. The summed E-state index contributed by atoms with van der Waals surface area (Å²) >= 11 is 0. The van der Waals surface area contributed by atoms with Gasteiger partial charge in [-0.05, 0) is 30.7 Å². The summed E-state index contributed by atoms with van der Waals surface area (Å²) in [5, 5.41) is 3.59. The predicted octanol–water partition coefficient (Wildman–Crippen LogP) is 3.58. The van der Waals surface area contributed by atoms with Crippen molar-refractivity contribution in [1.82, 2.24) is 14.9 Å². The van der Waals surface area contributed by atoms with E-state index >= 15 is 0 Å². The van der Waals surface area contributed by atoms with E-state index < -0.39 is 0 Å². The first-order valence-electron chi connectivity index (χ1n) is 7.43. The van der Waals surface area contributed by atoms with Crippen molar-refractivity contribution in [3.8, 4) is 0 Å². The van der Waals surface area contributed by atoms with Gasteiger partial charge in [0.1, 0.15) is 11.6 Å². The molecule has 21 heavy (non-hydrogen) atoms. The van der Waals surface area contributed by atoms with Gasteiger partial charge >= 0.3 is 0 Å². The summed E-state index contributed by atoms with van der Waals surface area (Å²) in [5.41, 5.74) is 0.905. The topological polar surface area (TPSA) is 29.9 Å². The summed E-state index contributed by atoms with van der Waals surface area (Å²) in [6.07, 6.45) is 4.83. The van der Waals surface area contributed by atoms with E-state index in [1.54, 1.807) is 0 Å². The Morgan fingerprint density at radius 2 is 1.95 bits per heavy atom. The zero-order valence-corrected chi connectivity index (χ0v) is 13.2. The van der Waals surface area contributed by atoms with Crippen molar-refractivity contribution in [1.29, 1.82) is 0 Å². The van der Waals surface area contributed by atoms with Crippen LogP contribution in [0.3, 0.4) is 0 Å². The van der Waals surface area contributed by atoms with Crippen LogP contribution >= 0.6 is 0 Å². The number of benzene rings is 1. The molecule has 0 spiro atoms. The quantitative estimate of drug-likeness (QED) is 0.881. The SMILES string of the molecule is CCCNC(c1nccn1C)C(C)(C)c1ccc(F)cc1. The largest absolute Gasteiger partial charge is 0.337 e. The Morgan fingerprint density at radius 1 is 1.29 bits per heavy atom. The van der Waals surface area contributed by atoms with E-state index in [1.165, 1.54) is 12.1 Å². The first kappa shape index (κ1) is 15.7. The number of hydrogen-bond acceptors (Lipinski definition) is 2. The van der Waals surface area contributed by atoms with E-state index in [4.69, 9.17) is 0 Å². The molecular formula is C17H24FN3. The molecule has 1 atom stereocenters. The Hall–Kier alpha value is -1.68. The van der Waals surface area contributed by atoms with Crippen LogP contribution in [-0.2, 0) is 12.5 Å². The average Bonchev–Trinajstić information content (AvgIpc) is 2.86. The van der Waals surface area contributed by atoms with Crippen LogP contribution in [0, 0.1) is 5.82 Å². The van der Waals surface area contributed by atoms with E-state index in [2.05, 4.69) is 31.1 Å². The van der Waals surface area contributed by atoms with Gasteiger partial charge in [0.2, 0.25) is 0 Å². The van der Waals surface area contributed by atoms with Crippen molar-refractivity contribution < 1.29 is 4.39 Å². The maximum Gasteiger partial charge on any atom is 0.126 e. The molecule has 4 heteroatoms. The number of rotatable bonds is 6. The van der Waals surface area contributed by atoms with Crippen molar-refractivity contribution in [2.75, 3.05) is 6.54 Å². The molecule has 0 saturated heterocycles. The number of nitrogens with one attached hydrogen (secondary N) is 1. The third-order valence-corrected chi connectivity index (χ3v) is 4.03. The molecule has 2 rings (SSSR count). The third kappa shape index (κ3) is 3.32. The first-order valence-corrected chi connectivity index (χ1v) is 7.43. The Kier molecular flexibility index (Phi) is 4.78. The Bertz CT molecular complexity index is 572. The molecule has 0 saturated carbocycles. The minimum absolute atomic E-state index is 0.0721. The summed E-state index contributed by atoms with van der Waals surface area (Å²) < 4.78 is 15.2. The highest BCUT2D eigenvalue weighted by Crippen LogP contribution is 2.36. The summed E-state index contributed by atoms with van der Waals surface area (Å²) in [6.45, 7) is 7.40. The van der Waals surface area contributed by atoms with Gasteiger partial charge in [-0.1, -0.05) is 32.9 Å². The predicted molar refractivity (Wildman–Crippen MR) is 83.7 cm³/mol. The van der Waals surface area contributed by atoms with E-state index in [0.717, 1.165) is 24.4 Å². The van der Waals surface area contributed by atoms with Crippen molar-refractivity contribution in [3.05, 3.63) is 53.9 Å². The van der Waals surface area contributed by atoms with E-state index in [1.807, 2.05) is 36.1 Å². The fourth-order valence-corrected chi connectivity index (χ4v) is 2.66. The first-order chi connectivity index (χ1) is 9.96. The van der Waals surface area contributed by atoms with Gasteiger partial charge < -0.3 is 9.88 Å². The van der Waals surface area contributed by atoms with Gasteiger partial charge in [-0.15, -0.1) is 0 Å². The van der Waals surface area contributed by atoms with Gasteiger partial charge in [-0.25, -0.2) is 9.37 Å². The van der Waals surface area contributed by atoms with Crippen molar-refractivity contribution in [2.45, 2.75) is 38.6 Å². The highest BCUT2D eigenvalue weighted by Gasteiger charge is 2.34. The molecule has 0 fully saturated rings. The smallest absolute Gasteiger partial charge is 0.126 e. The number of nitrogens with zero attached hydrogens (tertiary/aromatic N) is 2. The molecule has 0 aliphatic rings. The molecule has 1 aromatic carbocycles. The van der Waals surface area contributed by atoms with Crippen LogP contribution in [0.4, 0.5) is 4.39 Å². The highest BCUT2D eigenvalue weighted by molar-refractivity contribution is 5.28. The van der Waals surface area contributed by atoms with Crippen LogP contribution < -0.4 is 5.32 Å². The highest BCUT2D eigenvalue weighted by atomic mass is 19.1. The second-order valence-corrected chi connectivity index (χ2v) is 6.01. The normalized spacial score (nSPS) is 13.4. The second-order valence-electron chi connectivity index (χ2n) is 6.01. The number of imidazole rings is 1. The molecule has 0 aliphatic carbocycles. The minimum Gasteiger partial charge on any atom is -0.337 e. The van der Waals surface area contributed by atoms with Gasteiger partial charge in [0, 0.05) is 24.9 Å². The summed E-state index contributed by atoms with van der Waals surface area (Å²) in [7, 11) is 2.00. The molecule has 0 radical (unpaired) electrons. The van der Waals surface area contributed by atoms with Crippen LogP contribution in [0.2, 0.25) is 0 Å². The molecule has 114 valence electrons. The van der Waals surface area contributed by atoms with Crippen LogP contribution in [-0.4, -0.2) is 16.1 Å². The number of aryl methyl sites for hydroxylation is 1. The maximum atomic E-state index is 13.2. The lowest BCUT2D eigenvalue weighted by Crippen LogP contribution is -2.39. The average molecular weight is 289 g/mol. The molecule has 3 nitrogen and oxygen atoms in total. The Labute approximate surface area is 126 Å². The van der Waals surface area contributed by atoms with Crippen molar-refractivity contribution >= 4 is 0 Å².